The number of hydrogen-bond donors (Lipinski definition) is 1. The second kappa shape index (κ2) is 9.85. The first-order valence-corrected chi connectivity index (χ1v) is 7.58. The molecule has 2 aromatic carbocycles. The van der Waals surface area contributed by atoms with Gasteiger partial charge in [-0.05, 0) is 30.7 Å². The lowest BCUT2D eigenvalue weighted by molar-refractivity contribution is -0.107. The van der Waals surface area contributed by atoms with Crippen LogP contribution in [0.15, 0.2) is 42.5 Å². The molecule has 0 atom stereocenters. The quantitative estimate of drug-likeness (QED) is 0.799. The number of hydrogen-bond acceptors (Lipinski definition) is 3. The molecule has 2 rings (SSSR count). The summed E-state index contributed by atoms with van der Waals surface area (Å²) in [4.78, 5) is 9.17. The molecule has 0 saturated heterocycles. The third-order valence-electron chi connectivity index (χ3n) is 2.92. The second-order valence-electron chi connectivity index (χ2n) is 4.70. The molecule has 0 heterocycles. The van der Waals surface area contributed by atoms with Crippen LogP contribution < -0.4 is 10.1 Å². The van der Waals surface area contributed by atoms with Gasteiger partial charge in [0.1, 0.15) is 18.6 Å². The molecule has 0 amide bonds. The Morgan fingerprint density at radius 2 is 1.91 bits per heavy atom. The fourth-order valence-corrected chi connectivity index (χ4v) is 1.94. The van der Waals surface area contributed by atoms with Crippen molar-refractivity contribution in [2.75, 3.05) is 12.4 Å². The lowest BCUT2D eigenvalue weighted by atomic mass is 10.2. The highest BCUT2D eigenvalue weighted by Crippen LogP contribution is 2.27. The number of halogens is 1. The number of para-hydroxylation sites is 1. The van der Waals surface area contributed by atoms with Crippen LogP contribution in [0.1, 0.15) is 24.5 Å². The Hall–Kier alpha value is -2.00. The minimum atomic E-state index is 0.500. The summed E-state index contributed by atoms with van der Waals surface area (Å²) in [5.74, 6) is 0.725. The summed E-state index contributed by atoms with van der Waals surface area (Å²) in [6.45, 7) is 4.33. The zero-order valence-electron chi connectivity index (χ0n) is 13.2. The smallest absolute Gasteiger partial charge is 0.138 e. The van der Waals surface area contributed by atoms with E-state index in [4.69, 9.17) is 16.3 Å². The fraction of sp³-hybridized carbons (Fsp3) is 0.278. The monoisotopic (exact) mass is 319 g/mol. The van der Waals surface area contributed by atoms with Crippen molar-refractivity contribution in [3.05, 3.63) is 58.6 Å². The summed E-state index contributed by atoms with van der Waals surface area (Å²) in [7, 11) is 1.90. The van der Waals surface area contributed by atoms with Gasteiger partial charge < -0.3 is 14.8 Å². The van der Waals surface area contributed by atoms with E-state index in [1.165, 1.54) is 0 Å². The molecule has 118 valence electrons. The van der Waals surface area contributed by atoms with Gasteiger partial charge in [0.2, 0.25) is 0 Å². The standard InChI is InChI=1S/C15H16ClNO.C3H6O/c1-11-7-8-13(16)15(9-11)18-10-12-5-3-4-6-14(12)17-2;1-2-3-4/h3-9,17H,10H2,1-2H3;3H,2H2,1H3. The number of carbonyl (C=O) groups excluding carboxylic acids is 1. The van der Waals surface area contributed by atoms with Gasteiger partial charge in [0.05, 0.1) is 5.02 Å². The van der Waals surface area contributed by atoms with E-state index >= 15 is 0 Å². The maximum atomic E-state index is 9.17. The molecule has 0 radical (unpaired) electrons. The van der Waals surface area contributed by atoms with Crippen LogP contribution in [0.4, 0.5) is 5.69 Å². The minimum absolute atomic E-state index is 0.500. The van der Waals surface area contributed by atoms with E-state index in [1.54, 1.807) is 0 Å². The van der Waals surface area contributed by atoms with Crippen molar-refractivity contribution in [2.45, 2.75) is 26.9 Å². The lowest BCUT2D eigenvalue weighted by Crippen LogP contribution is -2.00. The maximum absolute atomic E-state index is 9.17. The van der Waals surface area contributed by atoms with Gasteiger partial charge in [0.25, 0.3) is 0 Å². The van der Waals surface area contributed by atoms with Gasteiger partial charge in [0, 0.05) is 24.7 Å². The van der Waals surface area contributed by atoms with Crippen LogP contribution in [0.2, 0.25) is 5.02 Å². The van der Waals surface area contributed by atoms with E-state index in [0.717, 1.165) is 28.8 Å². The topological polar surface area (TPSA) is 38.3 Å². The molecule has 2 aromatic rings. The minimum Gasteiger partial charge on any atom is -0.487 e. The Bertz CT molecular complexity index is 599. The van der Waals surface area contributed by atoms with Gasteiger partial charge in [-0.15, -0.1) is 0 Å². The van der Waals surface area contributed by atoms with Crippen LogP contribution in [0.5, 0.6) is 5.75 Å². The molecule has 0 aliphatic carbocycles. The van der Waals surface area contributed by atoms with Crippen molar-refractivity contribution in [1.29, 1.82) is 0 Å². The summed E-state index contributed by atoms with van der Waals surface area (Å²) in [6, 6.07) is 13.8. The van der Waals surface area contributed by atoms with Crippen LogP contribution >= 0.6 is 11.6 Å². The van der Waals surface area contributed by atoms with E-state index < -0.39 is 0 Å². The summed E-state index contributed by atoms with van der Waals surface area (Å²) in [6.07, 6.45) is 1.51. The molecule has 0 spiro atoms. The Morgan fingerprint density at radius 3 is 2.55 bits per heavy atom. The molecule has 1 N–H and O–H groups in total. The van der Waals surface area contributed by atoms with Crippen molar-refractivity contribution in [3.8, 4) is 5.75 Å². The lowest BCUT2D eigenvalue weighted by Gasteiger charge is -2.12. The molecule has 22 heavy (non-hydrogen) atoms. The van der Waals surface area contributed by atoms with Gasteiger partial charge in [-0.3, -0.25) is 0 Å². The highest BCUT2D eigenvalue weighted by Gasteiger charge is 2.04. The van der Waals surface area contributed by atoms with Crippen molar-refractivity contribution >= 4 is 23.6 Å². The van der Waals surface area contributed by atoms with E-state index in [0.29, 0.717) is 18.1 Å². The molecule has 0 aliphatic heterocycles. The number of carbonyl (C=O) groups is 1. The molecule has 3 nitrogen and oxygen atoms in total. The zero-order chi connectivity index (χ0) is 16.4. The first-order valence-electron chi connectivity index (χ1n) is 7.20. The molecule has 0 saturated carbocycles. The maximum Gasteiger partial charge on any atom is 0.138 e. The highest BCUT2D eigenvalue weighted by atomic mass is 35.5. The Balaban J connectivity index is 0.000000541. The third kappa shape index (κ3) is 5.78. The molecule has 0 aliphatic rings. The number of ether oxygens (including phenoxy) is 1. The molecular formula is C18H22ClNO2. The van der Waals surface area contributed by atoms with Gasteiger partial charge >= 0.3 is 0 Å². The van der Waals surface area contributed by atoms with Crippen molar-refractivity contribution < 1.29 is 9.53 Å². The van der Waals surface area contributed by atoms with Crippen molar-refractivity contribution in [1.82, 2.24) is 0 Å². The number of aryl methyl sites for hydroxylation is 1. The normalized spacial score (nSPS) is 9.45. The van der Waals surface area contributed by atoms with Gasteiger partial charge in [-0.25, -0.2) is 0 Å². The number of rotatable bonds is 5. The summed E-state index contributed by atoms with van der Waals surface area (Å²) < 4.78 is 5.77. The van der Waals surface area contributed by atoms with E-state index in [1.807, 2.05) is 63.4 Å². The highest BCUT2D eigenvalue weighted by molar-refractivity contribution is 6.32. The third-order valence-corrected chi connectivity index (χ3v) is 3.24. The number of benzene rings is 2. The van der Waals surface area contributed by atoms with E-state index in [2.05, 4.69) is 5.32 Å². The summed E-state index contributed by atoms with van der Waals surface area (Å²) >= 11 is 6.10. The summed E-state index contributed by atoms with van der Waals surface area (Å²) in [5, 5.41) is 3.79. The molecule has 0 aromatic heterocycles. The predicted molar refractivity (Wildman–Crippen MR) is 92.9 cm³/mol. The number of aldehydes is 1. The Morgan fingerprint density at radius 1 is 1.23 bits per heavy atom. The van der Waals surface area contributed by atoms with Gasteiger partial charge in [-0.2, -0.15) is 0 Å². The van der Waals surface area contributed by atoms with Gasteiger partial charge in [0.15, 0.2) is 0 Å². The van der Waals surface area contributed by atoms with Crippen LogP contribution in [-0.4, -0.2) is 13.3 Å². The number of nitrogens with one attached hydrogen (secondary N) is 1. The predicted octanol–water partition coefficient (Wildman–Crippen LogP) is 4.86. The first kappa shape index (κ1) is 18.1. The molecular weight excluding hydrogens is 298 g/mol. The van der Waals surface area contributed by atoms with Crippen LogP contribution in [0.3, 0.4) is 0 Å². The van der Waals surface area contributed by atoms with E-state index in [9.17, 15) is 4.79 Å². The van der Waals surface area contributed by atoms with Crippen LogP contribution in [0, 0.1) is 6.92 Å². The Kier molecular flexibility index (Phi) is 8.08. The van der Waals surface area contributed by atoms with Crippen LogP contribution in [0.25, 0.3) is 0 Å². The SMILES string of the molecule is CCC=O.CNc1ccccc1COc1cc(C)ccc1Cl. The fourth-order valence-electron chi connectivity index (χ4n) is 1.77. The van der Waals surface area contributed by atoms with E-state index in [-0.39, 0.29) is 0 Å². The Labute approximate surface area is 137 Å². The largest absolute Gasteiger partial charge is 0.487 e. The molecule has 0 unspecified atom stereocenters. The first-order chi connectivity index (χ1) is 10.6. The average Bonchev–Trinajstić information content (AvgIpc) is 2.56. The summed E-state index contributed by atoms with van der Waals surface area (Å²) in [5.41, 5.74) is 3.31. The second-order valence-corrected chi connectivity index (χ2v) is 5.11. The van der Waals surface area contributed by atoms with Gasteiger partial charge in [-0.1, -0.05) is 42.8 Å². The van der Waals surface area contributed by atoms with Crippen LogP contribution in [-0.2, 0) is 11.4 Å². The molecule has 0 bridgehead atoms. The van der Waals surface area contributed by atoms with Crippen molar-refractivity contribution in [3.63, 3.8) is 0 Å². The van der Waals surface area contributed by atoms with Crippen molar-refractivity contribution in [2.24, 2.45) is 0 Å². The average molecular weight is 320 g/mol. The zero-order valence-corrected chi connectivity index (χ0v) is 14.0. The molecule has 4 heteroatoms. The molecule has 0 fully saturated rings. The number of anilines is 1.